The van der Waals surface area contributed by atoms with Gasteiger partial charge in [0.1, 0.15) is 5.72 Å². The Balaban J connectivity index is 0. The number of nitrogens with two attached hydrogens (primary N) is 1. The molecule has 0 heterocycles. The van der Waals surface area contributed by atoms with E-state index in [4.69, 9.17) is 5.73 Å². The Labute approximate surface area is 165 Å². The lowest BCUT2D eigenvalue weighted by Gasteiger charge is -2.25. The summed E-state index contributed by atoms with van der Waals surface area (Å²) in [5, 5.41) is 9.69. The van der Waals surface area contributed by atoms with Gasteiger partial charge in [0.05, 0.1) is 0 Å². The topological polar surface area (TPSA) is 46.2 Å². The first-order valence-electron chi connectivity index (χ1n) is 11.0. The predicted octanol–water partition coefficient (Wildman–Crippen LogP) is 7.36. The highest BCUT2D eigenvalue weighted by atomic mass is 35.5. The van der Waals surface area contributed by atoms with Crippen LogP contribution < -0.4 is 5.73 Å². The molecule has 0 spiro atoms. The minimum atomic E-state index is -1.00. The largest absolute Gasteiger partial charge is 0.376 e. The molecule has 0 aromatic rings. The highest BCUT2D eigenvalue weighted by Gasteiger charge is 2.21. The molecule has 25 heavy (non-hydrogen) atoms. The molecule has 0 aromatic carbocycles. The lowest BCUT2D eigenvalue weighted by atomic mass is 9.93. The van der Waals surface area contributed by atoms with Crippen molar-refractivity contribution in [2.45, 2.75) is 136 Å². The van der Waals surface area contributed by atoms with E-state index in [2.05, 4.69) is 6.92 Å². The second-order valence-electron chi connectivity index (χ2n) is 8.22. The second-order valence-corrected chi connectivity index (χ2v) is 8.22. The SMILES string of the molecule is CCCCCCCCCCCCCCCCCCC(C)C(C)(N)O.Cl. The Bertz CT molecular complexity index is 253. The number of aliphatic hydroxyl groups is 1. The third-order valence-electron chi connectivity index (χ3n) is 5.49. The van der Waals surface area contributed by atoms with E-state index in [1.165, 1.54) is 103 Å². The standard InChI is InChI=1S/C22H47NO.ClH/c1-4-5-6-7-8-9-10-11-12-13-14-15-16-17-18-19-20-21(2)22(3,23)24;/h21,24H,4-20,23H2,1-3H3;1H. The summed E-state index contributed by atoms with van der Waals surface area (Å²) >= 11 is 0. The fraction of sp³-hybridized carbons (Fsp3) is 1.00. The van der Waals surface area contributed by atoms with Crippen LogP contribution in [-0.4, -0.2) is 10.8 Å². The summed E-state index contributed by atoms with van der Waals surface area (Å²) in [6.07, 6.45) is 23.5. The fourth-order valence-corrected chi connectivity index (χ4v) is 3.29. The molecule has 0 amide bonds. The molecule has 154 valence electrons. The molecule has 0 aliphatic rings. The Morgan fingerprint density at radius 3 is 1.24 bits per heavy atom. The van der Waals surface area contributed by atoms with Gasteiger partial charge in [0.25, 0.3) is 0 Å². The van der Waals surface area contributed by atoms with Gasteiger partial charge in [-0.3, -0.25) is 0 Å². The van der Waals surface area contributed by atoms with Gasteiger partial charge in [-0.1, -0.05) is 117 Å². The van der Waals surface area contributed by atoms with E-state index < -0.39 is 5.72 Å². The van der Waals surface area contributed by atoms with Crippen LogP contribution in [0.25, 0.3) is 0 Å². The fourth-order valence-electron chi connectivity index (χ4n) is 3.29. The molecule has 3 heteroatoms. The highest BCUT2D eigenvalue weighted by Crippen LogP contribution is 2.19. The van der Waals surface area contributed by atoms with Crippen LogP contribution in [0.4, 0.5) is 0 Å². The van der Waals surface area contributed by atoms with Crippen molar-refractivity contribution in [2.75, 3.05) is 0 Å². The molecular formula is C22H48ClNO. The molecule has 0 aliphatic heterocycles. The molecule has 0 aliphatic carbocycles. The van der Waals surface area contributed by atoms with E-state index in [9.17, 15) is 5.11 Å². The van der Waals surface area contributed by atoms with Gasteiger partial charge in [-0.2, -0.15) is 0 Å². The molecule has 2 atom stereocenters. The first kappa shape index (κ1) is 27.4. The summed E-state index contributed by atoms with van der Waals surface area (Å²) in [6, 6.07) is 0. The lowest BCUT2D eigenvalue weighted by Crippen LogP contribution is -2.42. The second kappa shape index (κ2) is 19.0. The maximum atomic E-state index is 9.69. The minimum Gasteiger partial charge on any atom is -0.376 e. The van der Waals surface area contributed by atoms with Crippen molar-refractivity contribution in [1.82, 2.24) is 0 Å². The van der Waals surface area contributed by atoms with E-state index in [1.807, 2.05) is 6.92 Å². The van der Waals surface area contributed by atoms with Gasteiger partial charge in [0.15, 0.2) is 0 Å². The normalized spacial score (nSPS) is 14.8. The molecule has 0 radical (unpaired) electrons. The molecular weight excluding hydrogens is 330 g/mol. The summed E-state index contributed by atoms with van der Waals surface area (Å²) in [5.74, 6) is 0.198. The lowest BCUT2D eigenvalue weighted by molar-refractivity contribution is 0.00810. The summed E-state index contributed by atoms with van der Waals surface area (Å²) < 4.78 is 0. The van der Waals surface area contributed by atoms with E-state index in [-0.39, 0.29) is 18.3 Å². The number of halogens is 1. The molecule has 0 saturated carbocycles. The van der Waals surface area contributed by atoms with E-state index in [0.717, 1.165) is 6.42 Å². The Morgan fingerprint density at radius 2 is 0.960 bits per heavy atom. The first-order chi connectivity index (χ1) is 11.5. The van der Waals surface area contributed by atoms with Crippen molar-refractivity contribution in [3.8, 4) is 0 Å². The Hall–Kier alpha value is 0.210. The predicted molar refractivity (Wildman–Crippen MR) is 115 cm³/mol. The number of hydrogen-bond donors (Lipinski definition) is 2. The van der Waals surface area contributed by atoms with Crippen LogP contribution in [0.15, 0.2) is 0 Å². The van der Waals surface area contributed by atoms with E-state index in [1.54, 1.807) is 6.92 Å². The minimum absolute atomic E-state index is 0. The number of hydrogen-bond acceptors (Lipinski definition) is 2. The summed E-state index contributed by atoms with van der Waals surface area (Å²) in [4.78, 5) is 0. The van der Waals surface area contributed by atoms with Crippen LogP contribution in [0.1, 0.15) is 130 Å². The van der Waals surface area contributed by atoms with Gasteiger partial charge in [0, 0.05) is 0 Å². The molecule has 0 bridgehead atoms. The molecule has 2 nitrogen and oxygen atoms in total. The third kappa shape index (κ3) is 20.4. The van der Waals surface area contributed by atoms with Gasteiger partial charge in [0.2, 0.25) is 0 Å². The molecule has 3 N–H and O–H groups in total. The van der Waals surface area contributed by atoms with Crippen molar-refractivity contribution < 1.29 is 5.11 Å². The quantitative estimate of drug-likeness (QED) is 0.193. The maximum Gasteiger partial charge on any atom is 0.113 e. The zero-order valence-corrected chi connectivity index (χ0v) is 18.3. The molecule has 2 unspecified atom stereocenters. The van der Waals surface area contributed by atoms with Crippen molar-refractivity contribution in [2.24, 2.45) is 11.7 Å². The molecule has 0 fully saturated rings. The molecule has 0 aromatic heterocycles. The van der Waals surface area contributed by atoms with Crippen LogP contribution in [-0.2, 0) is 0 Å². The Morgan fingerprint density at radius 1 is 0.680 bits per heavy atom. The van der Waals surface area contributed by atoms with Crippen LogP contribution in [0.2, 0.25) is 0 Å². The van der Waals surface area contributed by atoms with E-state index in [0.29, 0.717) is 0 Å². The van der Waals surface area contributed by atoms with Crippen LogP contribution in [0, 0.1) is 5.92 Å². The van der Waals surface area contributed by atoms with E-state index >= 15 is 0 Å². The van der Waals surface area contributed by atoms with Crippen LogP contribution in [0.3, 0.4) is 0 Å². The maximum absolute atomic E-state index is 9.69. The van der Waals surface area contributed by atoms with Gasteiger partial charge in [-0.05, 0) is 19.3 Å². The average Bonchev–Trinajstić information content (AvgIpc) is 2.53. The summed E-state index contributed by atoms with van der Waals surface area (Å²) in [6.45, 7) is 6.04. The summed E-state index contributed by atoms with van der Waals surface area (Å²) in [5.41, 5.74) is 4.70. The van der Waals surface area contributed by atoms with Crippen molar-refractivity contribution in [1.29, 1.82) is 0 Å². The first-order valence-corrected chi connectivity index (χ1v) is 11.0. The smallest absolute Gasteiger partial charge is 0.113 e. The van der Waals surface area contributed by atoms with Crippen molar-refractivity contribution in [3.63, 3.8) is 0 Å². The molecule has 0 saturated heterocycles. The van der Waals surface area contributed by atoms with Gasteiger partial charge in [-0.25, -0.2) is 0 Å². The average molecular weight is 378 g/mol. The van der Waals surface area contributed by atoms with Gasteiger partial charge < -0.3 is 10.8 Å². The van der Waals surface area contributed by atoms with Gasteiger partial charge >= 0.3 is 0 Å². The van der Waals surface area contributed by atoms with Gasteiger partial charge in [-0.15, -0.1) is 12.4 Å². The molecule has 0 rings (SSSR count). The third-order valence-corrected chi connectivity index (χ3v) is 5.49. The zero-order chi connectivity index (χ0) is 18.1. The number of unbranched alkanes of at least 4 members (excludes halogenated alkanes) is 15. The number of rotatable bonds is 18. The zero-order valence-electron chi connectivity index (χ0n) is 17.5. The Kier molecular flexibility index (Phi) is 20.8. The van der Waals surface area contributed by atoms with Crippen LogP contribution >= 0.6 is 12.4 Å². The van der Waals surface area contributed by atoms with Crippen LogP contribution in [0.5, 0.6) is 0 Å². The van der Waals surface area contributed by atoms with Crippen molar-refractivity contribution in [3.05, 3.63) is 0 Å². The monoisotopic (exact) mass is 377 g/mol. The highest BCUT2D eigenvalue weighted by molar-refractivity contribution is 5.85. The summed E-state index contributed by atoms with van der Waals surface area (Å²) in [7, 11) is 0. The van der Waals surface area contributed by atoms with Crippen molar-refractivity contribution >= 4 is 12.4 Å².